The van der Waals surface area contributed by atoms with Gasteiger partial charge in [0.1, 0.15) is 0 Å². The number of rotatable bonds is 2. The van der Waals surface area contributed by atoms with Gasteiger partial charge in [-0.05, 0) is 36.4 Å². The smallest absolute Gasteiger partial charge is 0.228 e. The Morgan fingerprint density at radius 1 is 1.20 bits per heavy atom. The summed E-state index contributed by atoms with van der Waals surface area (Å²) in [4.78, 5) is 21.0. The summed E-state index contributed by atoms with van der Waals surface area (Å²) >= 11 is 6.05. The highest BCUT2D eigenvalue weighted by Crippen LogP contribution is 2.34. The largest absolute Gasteiger partial charge is 0.399 e. The van der Waals surface area contributed by atoms with Crippen molar-refractivity contribution in [1.29, 1.82) is 0 Å². The first kappa shape index (κ1) is 15.4. The fourth-order valence-electron chi connectivity index (χ4n) is 2.77. The third kappa shape index (κ3) is 3.12. The minimum Gasteiger partial charge on any atom is -0.399 e. The van der Waals surface area contributed by atoms with Gasteiger partial charge < -0.3 is 16.4 Å². The summed E-state index contributed by atoms with van der Waals surface area (Å²) < 4.78 is 0. The Kier molecular flexibility index (Phi) is 3.74. The molecular formula is C18H14ClN5O. The highest BCUT2D eigenvalue weighted by molar-refractivity contribution is 6.31. The number of halogens is 1. The molecule has 0 unspecified atom stereocenters. The molecule has 4 N–H and O–H groups in total. The molecule has 25 heavy (non-hydrogen) atoms. The van der Waals surface area contributed by atoms with E-state index in [2.05, 4.69) is 20.6 Å². The lowest BCUT2D eigenvalue weighted by Crippen LogP contribution is -2.12. The van der Waals surface area contributed by atoms with Crippen molar-refractivity contribution < 1.29 is 4.79 Å². The zero-order valence-corrected chi connectivity index (χ0v) is 13.8. The maximum absolute atomic E-state index is 12.1. The highest BCUT2D eigenvalue weighted by atomic mass is 35.5. The van der Waals surface area contributed by atoms with Gasteiger partial charge in [0.2, 0.25) is 11.9 Å². The first-order valence-corrected chi connectivity index (χ1v) is 8.04. The number of hydrogen-bond acceptors (Lipinski definition) is 5. The number of hydrogen-bond donors (Lipinski definition) is 3. The number of benzene rings is 2. The molecule has 2 heterocycles. The van der Waals surface area contributed by atoms with Gasteiger partial charge in [0.15, 0.2) is 0 Å². The average Bonchev–Trinajstić information content (AvgIpc) is 2.69. The molecule has 1 aliphatic rings. The Labute approximate surface area is 149 Å². The Balaban J connectivity index is 1.79. The van der Waals surface area contributed by atoms with E-state index in [0.717, 1.165) is 16.8 Å². The molecule has 3 aromatic rings. The van der Waals surface area contributed by atoms with E-state index in [4.69, 9.17) is 17.3 Å². The van der Waals surface area contributed by atoms with Crippen LogP contribution in [0.25, 0.3) is 11.3 Å². The van der Waals surface area contributed by atoms with Gasteiger partial charge >= 0.3 is 0 Å². The van der Waals surface area contributed by atoms with Gasteiger partial charge in [-0.25, -0.2) is 9.97 Å². The van der Waals surface area contributed by atoms with Gasteiger partial charge in [0.25, 0.3) is 0 Å². The molecule has 4 rings (SSSR count). The van der Waals surface area contributed by atoms with Crippen LogP contribution in [0.1, 0.15) is 5.56 Å². The van der Waals surface area contributed by atoms with E-state index in [0.29, 0.717) is 28.0 Å². The SMILES string of the molecule is Nc1cccc(Nc2ncc3c(n2)-c2ccc(Cl)cc2NC(=O)C3)c1. The molecule has 0 bridgehead atoms. The van der Waals surface area contributed by atoms with Gasteiger partial charge in [0.05, 0.1) is 17.8 Å². The number of nitrogen functional groups attached to an aromatic ring is 1. The number of anilines is 4. The third-order valence-corrected chi connectivity index (χ3v) is 4.10. The molecular weight excluding hydrogens is 338 g/mol. The molecule has 0 atom stereocenters. The average molecular weight is 352 g/mol. The molecule has 124 valence electrons. The van der Waals surface area contributed by atoms with E-state index in [1.807, 2.05) is 18.2 Å². The molecule has 1 amide bonds. The first-order chi connectivity index (χ1) is 12.1. The van der Waals surface area contributed by atoms with Gasteiger partial charge in [-0.15, -0.1) is 0 Å². The lowest BCUT2D eigenvalue weighted by atomic mass is 10.1. The second-order valence-electron chi connectivity index (χ2n) is 5.73. The van der Waals surface area contributed by atoms with Crippen LogP contribution in [0.4, 0.5) is 23.0 Å². The zero-order chi connectivity index (χ0) is 17.4. The van der Waals surface area contributed by atoms with Crippen LogP contribution in [-0.4, -0.2) is 15.9 Å². The lowest BCUT2D eigenvalue weighted by Gasteiger charge is -2.11. The molecule has 0 fully saturated rings. The zero-order valence-electron chi connectivity index (χ0n) is 13.1. The minimum absolute atomic E-state index is 0.123. The summed E-state index contributed by atoms with van der Waals surface area (Å²) in [6, 6.07) is 12.7. The second kappa shape index (κ2) is 6.07. The third-order valence-electron chi connectivity index (χ3n) is 3.87. The van der Waals surface area contributed by atoms with Crippen LogP contribution in [0.3, 0.4) is 0 Å². The number of carbonyl (C=O) groups is 1. The van der Waals surface area contributed by atoms with Crippen LogP contribution in [0.5, 0.6) is 0 Å². The van der Waals surface area contributed by atoms with Crippen LogP contribution in [0, 0.1) is 0 Å². The molecule has 0 saturated heterocycles. The molecule has 0 radical (unpaired) electrons. The summed E-state index contributed by atoms with van der Waals surface area (Å²) in [5.41, 5.74) is 10.1. The lowest BCUT2D eigenvalue weighted by molar-refractivity contribution is -0.115. The van der Waals surface area contributed by atoms with Gasteiger partial charge in [-0.1, -0.05) is 17.7 Å². The van der Waals surface area contributed by atoms with E-state index in [-0.39, 0.29) is 12.3 Å². The van der Waals surface area contributed by atoms with Crippen LogP contribution in [0.15, 0.2) is 48.7 Å². The van der Waals surface area contributed by atoms with Crippen molar-refractivity contribution in [1.82, 2.24) is 9.97 Å². The van der Waals surface area contributed by atoms with E-state index in [9.17, 15) is 4.79 Å². The van der Waals surface area contributed by atoms with Crippen molar-refractivity contribution >= 4 is 40.5 Å². The Morgan fingerprint density at radius 2 is 2.08 bits per heavy atom. The molecule has 0 saturated carbocycles. The van der Waals surface area contributed by atoms with Gasteiger partial charge in [-0.3, -0.25) is 4.79 Å². The maximum Gasteiger partial charge on any atom is 0.228 e. The Bertz CT molecular complexity index is 989. The van der Waals surface area contributed by atoms with Crippen molar-refractivity contribution in [2.75, 3.05) is 16.4 Å². The van der Waals surface area contributed by atoms with E-state index in [1.165, 1.54) is 0 Å². The normalized spacial score (nSPS) is 12.6. The van der Waals surface area contributed by atoms with Gasteiger partial charge in [-0.2, -0.15) is 0 Å². The summed E-state index contributed by atoms with van der Waals surface area (Å²) in [6.45, 7) is 0. The number of amides is 1. The van der Waals surface area contributed by atoms with Gasteiger partial charge in [0, 0.05) is 33.7 Å². The number of fused-ring (bicyclic) bond motifs is 3. The predicted octanol–water partition coefficient (Wildman–Crippen LogP) is 3.62. The summed E-state index contributed by atoms with van der Waals surface area (Å²) in [6.07, 6.45) is 1.88. The molecule has 7 heteroatoms. The molecule has 1 aromatic heterocycles. The Morgan fingerprint density at radius 3 is 2.92 bits per heavy atom. The highest BCUT2D eigenvalue weighted by Gasteiger charge is 2.21. The predicted molar refractivity (Wildman–Crippen MR) is 98.9 cm³/mol. The molecule has 6 nitrogen and oxygen atoms in total. The minimum atomic E-state index is -0.123. The van der Waals surface area contributed by atoms with Crippen molar-refractivity contribution in [2.24, 2.45) is 0 Å². The number of nitrogens with zero attached hydrogens (tertiary/aromatic N) is 2. The van der Waals surface area contributed by atoms with E-state index < -0.39 is 0 Å². The van der Waals surface area contributed by atoms with Crippen molar-refractivity contribution in [3.8, 4) is 11.3 Å². The number of nitrogens with one attached hydrogen (secondary N) is 2. The maximum atomic E-state index is 12.1. The standard InChI is InChI=1S/C18H14ClN5O/c19-11-4-5-14-15(7-11)23-16(25)6-10-9-21-18(24-17(10)14)22-13-3-1-2-12(20)8-13/h1-5,7-9H,6,20H2,(H,23,25)(H,21,22,24). The van der Waals surface area contributed by atoms with Crippen LogP contribution in [-0.2, 0) is 11.2 Å². The fraction of sp³-hybridized carbons (Fsp3) is 0.0556. The molecule has 1 aliphatic heterocycles. The fourth-order valence-corrected chi connectivity index (χ4v) is 2.94. The van der Waals surface area contributed by atoms with Crippen molar-refractivity contribution in [3.05, 3.63) is 59.2 Å². The van der Waals surface area contributed by atoms with Crippen LogP contribution in [0.2, 0.25) is 5.02 Å². The van der Waals surface area contributed by atoms with Crippen LogP contribution < -0.4 is 16.4 Å². The van der Waals surface area contributed by atoms with Crippen molar-refractivity contribution in [2.45, 2.75) is 6.42 Å². The number of carbonyl (C=O) groups excluding carboxylic acids is 1. The van der Waals surface area contributed by atoms with Crippen molar-refractivity contribution in [3.63, 3.8) is 0 Å². The quantitative estimate of drug-likeness (QED) is 0.613. The first-order valence-electron chi connectivity index (χ1n) is 7.67. The van der Waals surface area contributed by atoms with E-state index >= 15 is 0 Å². The number of aromatic nitrogens is 2. The second-order valence-corrected chi connectivity index (χ2v) is 6.17. The number of nitrogens with two attached hydrogens (primary N) is 1. The molecule has 2 aromatic carbocycles. The summed E-state index contributed by atoms with van der Waals surface area (Å²) in [5, 5.41) is 6.54. The molecule has 0 aliphatic carbocycles. The van der Waals surface area contributed by atoms with E-state index in [1.54, 1.807) is 30.5 Å². The summed E-state index contributed by atoms with van der Waals surface area (Å²) in [7, 11) is 0. The molecule has 0 spiro atoms. The summed E-state index contributed by atoms with van der Waals surface area (Å²) in [5.74, 6) is 0.307. The monoisotopic (exact) mass is 351 g/mol. The Hall–Kier alpha value is -3.12. The topological polar surface area (TPSA) is 92.9 Å². The van der Waals surface area contributed by atoms with Crippen LogP contribution >= 0.6 is 11.6 Å².